The summed E-state index contributed by atoms with van der Waals surface area (Å²) in [5, 5.41) is 2.69. The molecule has 1 saturated heterocycles. The van der Waals surface area contributed by atoms with Gasteiger partial charge >= 0.3 is 12.1 Å². The number of nitrogens with one attached hydrogen (secondary N) is 1. The summed E-state index contributed by atoms with van der Waals surface area (Å²) in [6.45, 7) is 2.20. The minimum absolute atomic E-state index is 0.0103. The summed E-state index contributed by atoms with van der Waals surface area (Å²) in [5.41, 5.74) is 1.77. The monoisotopic (exact) mass is 476 g/mol. The van der Waals surface area contributed by atoms with Gasteiger partial charge < -0.3 is 15.0 Å². The zero-order chi connectivity index (χ0) is 24.7. The molecular formula is C25H27F3N2O4. The summed E-state index contributed by atoms with van der Waals surface area (Å²) in [7, 11) is 0. The van der Waals surface area contributed by atoms with Gasteiger partial charge in [0.05, 0.1) is 18.0 Å². The van der Waals surface area contributed by atoms with Crippen LogP contribution in [0, 0.1) is 12.8 Å². The first-order chi connectivity index (χ1) is 16.1. The molecule has 2 amide bonds. The zero-order valence-electron chi connectivity index (χ0n) is 18.9. The second kappa shape index (κ2) is 11.2. The molecule has 34 heavy (non-hydrogen) atoms. The van der Waals surface area contributed by atoms with E-state index in [0.717, 1.165) is 23.3 Å². The first-order valence-electron chi connectivity index (χ1n) is 11.0. The molecule has 1 fully saturated rings. The molecule has 0 aliphatic carbocycles. The molecular weight excluding hydrogens is 449 g/mol. The van der Waals surface area contributed by atoms with Crippen molar-refractivity contribution in [2.75, 3.05) is 19.7 Å². The van der Waals surface area contributed by atoms with Crippen molar-refractivity contribution < 1.29 is 32.3 Å². The Morgan fingerprint density at radius 2 is 1.85 bits per heavy atom. The molecule has 1 aliphatic heterocycles. The van der Waals surface area contributed by atoms with Crippen LogP contribution in [0.5, 0.6) is 0 Å². The average Bonchev–Trinajstić information content (AvgIpc) is 3.16. The second-order valence-corrected chi connectivity index (χ2v) is 8.38. The maximum absolute atomic E-state index is 12.9. The lowest BCUT2D eigenvalue weighted by atomic mass is 10.1. The van der Waals surface area contributed by atoms with Crippen molar-refractivity contribution in [3.05, 3.63) is 70.8 Å². The third-order valence-electron chi connectivity index (χ3n) is 5.61. The molecule has 1 unspecified atom stereocenters. The Labute approximate surface area is 196 Å². The molecule has 1 N–H and O–H groups in total. The van der Waals surface area contributed by atoms with Crippen LogP contribution in [0.2, 0.25) is 0 Å². The molecule has 3 rings (SSSR count). The fourth-order valence-electron chi connectivity index (χ4n) is 3.71. The summed E-state index contributed by atoms with van der Waals surface area (Å²) in [5.74, 6) is -1.71. The van der Waals surface area contributed by atoms with Gasteiger partial charge in [-0.3, -0.25) is 14.4 Å². The van der Waals surface area contributed by atoms with E-state index in [1.165, 1.54) is 17.0 Å². The molecule has 1 heterocycles. The SMILES string of the molecule is Cc1ccc(CCC(=O)NCCOC(=O)C2CC(=O)N(Cc3cccc(C(F)(F)F)c3)C2)cc1. The molecule has 0 bridgehead atoms. The van der Waals surface area contributed by atoms with E-state index in [4.69, 9.17) is 4.74 Å². The third kappa shape index (κ3) is 7.33. The Morgan fingerprint density at radius 3 is 2.56 bits per heavy atom. The van der Waals surface area contributed by atoms with Crippen LogP contribution in [0.3, 0.4) is 0 Å². The van der Waals surface area contributed by atoms with Crippen molar-refractivity contribution in [2.24, 2.45) is 5.92 Å². The number of carbonyl (C=O) groups is 3. The van der Waals surface area contributed by atoms with E-state index >= 15 is 0 Å². The summed E-state index contributed by atoms with van der Waals surface area (Å²) in [6.07, 6.45) is -3.59. The van der Waals surface area contributed by atoms with Crippen LogP contribution in [0.4, 0.5) is 13.2 Å². The number of halogens is 3. The zero-order valence-corrected chi connectivity index (χ0v) is 18.9. The van der Waals surface area contributed by atoms with Gasteiger partial charge in [-0.05, 0) is 36.6 Å². The molecule has 1 aliphatic rings. The number of carbonyl (C=O) groups excluding carboxylic acids is 3. The smallest absolute Gasteiger partial charge is 0.416 e. The fourth-order valence-corrected chi connectivity index (χ4v) is 3.71. The van der Waals surface area contributed by atoms with Gasteiger partial charge in [0.1, 0.15) is 6.61 Å². The van der Waals surface area contributed by atoms with Crippen molar-refractivity contribution in [3.63, 3.8) is 0 Å². The highest BCUT2D eigenvalue weighted by molar-refractivity contribution is 5.86. The maximum Gasteiger partial charge on any atom is 0.416 e. The predicted molar refractivity (Wildman–Crippen MR) is 118 cm³/mol. The van der Waals surface area contributed by atoms with Crippen molar-refractivity contribution in [2.45, 2.75) is 38.9 Å². The van der Waals surface area contributed by atoms with Crippen molar-refractivity contribution in [1.29, 1.82) is 0 Å². The molecule has 0 spiro atoms. The average molecular weight is 476 g/mol. The number of benzene rings is 2. The number of likely N-dealkylation sites (tertiary alicyclic amines) is 1. The number of ether oxygens (including phenoxy) is 1. The van der Waals surface area contributed by atoms with E-state index in [1.807, 2.05) is 31.2 Å². The van der Waals surface area contributed by atoms with Gasteiger partial charge in [-0.15, -0.1) is 0 Å². The number of hydrogen-bond acceptors (Lipinski definition) is 4. The Bertz CT molecular complexity index is 1020. The van der Waals surface area contributed by atoms with E-state index in [-0.39, 0.29) is 44.5 Å². The number of aryl methyl sites for hydroxylation is 2. The third-order valence-corrected chi connectivity index (χ3v) is 5.61. The van der Waals surface area contributed by atoms with Gasteiger partial charge in [0.2, 0.25) is 11.8 Å². The number of amides is 2. The predicted octanol–water partition coefficient (Wildman–Crippen LogP) is 3.65. The number of alkyl halides is 3. The van der Waals surface area contributed by atoms with E-state index < -0.39 is 23.6 Å². The molecule has 1 atom stereocenters. The van der Waals surface area contributed by atoms with E-state index in [0.29, 0.717) is 18.4 Å². The topological polar surface area (TPSA) is 75.7 Å². The van der Waals surface area contributed by atoms with Crippen LogP contribution in [-0.4, -0.2) is 42.4 Å². The van der Waals surface area contributed by atoms with Gasteiger partial charge in [0.25, 0.3) is 0 Å². The first kappa shape index (κ1) is 25.3. The normalized spacial score (nSPS) is 15.9. The van der Waals surface area contributed by atoms with Crippen LogP contribution in [0.25, 0.3) is 0 Å². The van der Waals surface area contributed by atoms with Crippen LogP contribution >= 0.6 is 0 Å². The van der Waals surface area contributed by atoms with Crippen LogP contribution < -0.4 is 5.32 Å². The largest absolute Gasteiger partial charge is 0.464 e. The molecule has 0 saturated carbocycles. The molecule has 9 heteroatoms. The minimum Gasteiger partial charge on any atom is -0.464 e. The Morgan fingerprint density at radius 1 is 1.12 bits per heavy atom. The minimum atomic E-state index is -4.46. The van der Waals surface area contributed by atoms with E-state index in [9.17, 15) is 27.6 Å². The highest BCUT2D eigenvalue weighted by Crippen LogP contribution is 2.30. The summed E-state index contributed by atoms with van der Waals surface area (Å²) in [4.78, 5) is 37.8. The van der Waals surface area contributed by atoms with Gasteiger partial charge in [-0.2, -0.15) is 13.2 Å². The number of rotatable bonds is 9. The van der Waals surface area contributed by atoms with Gasteiger partial charge in [0.15, 0.2) is 0 Å². The standard InChI is InChI=1S/C25H27F3N2O4/c1-17-5-7-18(8-6-17)9-10-22(31)29-11-12-34-24(33)20-14-23(32)30(16-20)15-19-3-2-4-21(13-19)25(26,27)28/h2-8,13,20H,9-12,14-16H2,1H3,(H,29,31). The van der Waals surface area contributed by atoms with Crippen LogP contribution in [0.15, 0.2) is 48.5 Å². The van der Waals surface area contributed by atoms with Gasteiger partial charge in [-0.25, -0.2) is 0 Å². The van der Waals surface area contributed by atoms with Gasteiger partial charge in [0, 0.05) is 25.9 Å². The quantitative estimate of drug-likeness (QED) is 0.443. The number of nitrogens with zero attached hydrogens (tertiary/aromatic N) is 1. The van der Waals surface area contributed by atoms with Crippen LogP contribution in [0.1, 0.15) is 35.1 Å². The van der Waals surface area contributed by atoms with Crippen molar-refractivity contribution in [1.82, 2.24) is 10.2 Å². The Hall–Kier alpha value is -3.36. The van der Waals surface area contributed by atoms with Crippen molar-refractivity contribution in [3.8, 4) is 0 Å². The van der Waals surface area contributed by atoms with Crippen molar-refractivity contribution >= 4 is 17.8 Å². The molecule has 0 aromatic heterocycles. The molecule has 2 aromatic rings. The highest BCUT2D eigenvalue weighted by Gasteiger charge is 2.36. The van der Waals surface area contributed by atoms with Gasteiger partial charge in [-0.1, -0.05) is 42.0 Å². The Kier molecular flexibility index (Phi) is 8.31. The molecule has 0 radical (unpaired) electrons. The summed E-state index contributed by atoms with van der Waals surface area (Å²) < 4.78 is 43.9. The number of esters is 1. The summed E-state index contributed by atoms with van der Waals surface area (Å²) >= 11 is 0. The molecule has 182 valence electrons. The maximum atomic E-state index is 12.9. The Balaban J connectivity index is 1.37. The summed E-state index contributed by atoms with van der Waals surface area (Å²) in [6, 6.07) is 12.7. The fraction of sp³-hybridized carbons (Fsp3) is 0.400. The lowest BCUT2D eigenvalue weighted by molar-refractivity contribution is -0.148. The number of hydrogen-bond donors (Lipinski definition) is 1. The van der Waals surface area contributed by atoms with E-state index in [2.05, 4.69) is 5.32 Å². The molecule has 2 aromatic carbocycles. The lowest BCUT2D eigenvalue weighted by Crippen LogP contribution is -2.30. The second-order valence-electron chi connectivity index (χ2n) is 8.38. The van der Waals surface area contributed by atoms with Crippen LogP contribution in [-0.2, 0) is 38.3 Å². The first-order valence-corrected chi connectivity index (χ1v) is 11.0. The molecule has 6 nitrogen and oxygen atoms in total. The lowest BCUT2D eigenvalue weighted by Gasteiger charge is -2.17. The highest BCUT2D eigenvalue weighted by atomic mass is 19.4. The van der Waals surface area contributed by atoms with E-state index in [1.54, 1.807) is 0 Å².